The van der Waals surface area contributed by atoms with E-state index in [1.165, 1.54) is 18.2 Å². The number of rotatable bonds is 8. The Labute approximate surface area is 196 Å². The lowest BCUT2D eigenvalue weighted by Crippen LogP contribution is -2.33. The molecular weight excluding hydrogens is 438 g/mol. The van der Waals surface area contributed by atoms with Crippen LogP contribution in [0.4, 0.5) is 16.2 Å². The number of nitrogens with two attached hydrogens (primary N) is 1. The zero-order valence-electron chi connectivity index (χ0n) is 19.0. The summed E-state index contributed by atoms with van der Waals surface area (Å²) in [4.78, 5) is 34.6. The van der Waals surface area contributed by atoms with Gasteiger partial charge in [-0.3, -0.25) is 14.9 Å². The van der Waals surface area contributed by atoms with E-state index in [0.717, 1.165) is 11.1 Å². The molecule has 0 fully saturated rings. The van der Waals surface area contributed by atoms with E-state index >= 15 is 0 Å². The number of carbonyl (C=O) groups is 2. The fourth-order valence-electron chi connectivity index (χ4n) is 3.33. The Morgan fingerprint density at radius 3 is 2.26 bits per heavy atom. The van der Waals surface area contributed by atoms with E-state index in [1.54, 1.807) is 50.2 Å². The van der Waals surface area contributed by atoms with E-state index in [9.17, 15) is 19.7 Å². The number of hydrogen-bond donors (Lipinski definition) is 2. The molecule has 176 valence electrons. The molecule has 9 heteroatoms. The number of benzene rings is 3. The lowest BCUT2D eigenvalue weighted by molar-refractivity contribution is -0.385. The smallest absolute Gasteiger partial charge is 0.405 e. The number of nitro benzene ring substituents is 1. The van der Waals surface area contributed by atoms with Gasteiger partial charge in [0.25, 0.3) is 5.91 Å². The number of hydrogen-bond acceptors (Lipinski definition) is 6. The molecule has 0 aliphatic rings. The maximum absolute atomic E-state index is 12.5. The average Bonchev–Trinajstić information content (AvgIpc) is 2.75. The number of ether oxygens (including phenoxy) is 2. The first-order valence-corrected chi connectivity index (χ1v) is 10.4. The van der Waals surface area contributed by atoms with Crippen molar-refractivity contribution in [2.45, 2.75) is 32.8 Å². The summed E-state index contributed by atoms with van der Waals surface area (Å²) >= 11 is 0. The standard InChI is InChI=1S/C25H25N3O6/c1-16-4-9-19(10-5-16)27-23(29)18-8-13-22(21(14-18)28(31)32)33-20-11-6-17(7-12-20)15-25(2,3)34-24(26)30/h4-14H,15H2,1-3H3,(H2,26,30)(H,27,29). The molecule has 0 saturated heterocycles. The van der Waals surface area contributed by atoms with E-state index in [0.29, 0.717) is 17.9 Å². The summed E-state index contributed by atoms with van der Waals surface area (Å²) in [5.74, 6) is -0.0944. The van der Waals surface area contributed by atoms with Crippen LogP contribution in [0, 0.1) is 17.0 Å². The molecule has 0 aliphatic carbocycles. The lowest BCUT2D eigenvalue weighted by Gasteiger charge is -2.24. The minimum absolute atomic E-state index is 0.00188. The van der Waals surface area contributed by atoms with Crippen LogP contribution in [-0.4, -0.2) is 22.5 Å². The van der Waals surface area contributed by atoms with Crippen molar-refractivity contribution in [1.82, 2.24) is 0 Å². The van der Waals surface area contributed by atoms with Crippen LogP contribution in [0.15, 0.2) is 66.7 Å². The van der Waals surface area contributed by atoms with Gasteiger partial charge in [-0.25, -0.2) is 4.79 Å². The van der Waals surface area contributed by atoms with E-state index in [-0.39, 0.29) is 17.0 Å². The summed E-state index contributed by atoms with van der Waals surface area (Å²) < 4.78 is 10.8. The van der Waals surface area contributed by atoms with Crippen LogP contribution in [-0.2, 0) is 11.2 Å². The van der Waals surface area contributed by atoms with Gasteiger partial charge in [0.15, 0.2) is 0 Å². The quantitative estimate of drug-likeness (QED) is 0.341. The molecule has 3 rings (SSSR count). The van der Waals surface area contributed by atoms with Crippen molar-refractivity contribution in [2.24, 2.45) is 5.73 Å². The van der Waals surface area contributed by atoms with E-state index in [4.69, 9.17) is 15.2 Å². The maximum Gasteiger partial charge on any atom is 0.405 e. The first-order chi connectivity index (χ1) is 16.0. The third kappa shape index (κ3) is 6.55. The SMILES string of the molecule is Cc1ccc(NC(=O)c2ccc(Oc3ccc(CC(C)(C)OC(N)=O)cc3)c([N+](=O)[O-])c2)cc1. The van der Waals surface area contributed by atoms with Gasteiger partial charge in [-0.05, 0) is 62.7 Å². The summed E-state index contributed by atoms with van der Waals surface area (Å²) in [6, 6.07) is 18.1. The van der Waals surface area contributed by atoms with Crippen LogP contribution in [0.1, 0.15) is 35.3 Å². The number of carbonyl (C=O) groups excluding carboxylic acids is 2. The molecule has 0 heterocycles. The van der Waals surface area contributed by atoms with Gasteiger partial charge in [0, 0.05) is 23.7 Å². The fraction of sp³-hybridized carbons (Fsp3) is 0.200. The zero-order valence-corrected chi connectivity index (χ0v) is 19.0. The normalized spacial score (nSPS) is 10.9. The van der Waals surface area contributed by atoms with Gasteiger partial charge in [-0.1, -0.05) is 29.8 Å². The van der Waals surface area contributed by atoms with Crippen molar-refractivity contribution < 1.29 is 24.0 Å². The highest BCUT2D eigenvalue weighted by molar-refractivity contribution is 6.04. The molecule has 0 radical (unpaired) electrons. The van der Waals surface area contributed by atoms with Crippen molar-refractivity contribution >= 4 is 23.4 Å². The van der Waals surface area contributed by atoms with Crippen molar-refractivity contribution in [2.75, 3.05) is 5.32 Å². The zero-order chi connectivity index (χ0) is 24.9. The number of anilines is 1. The van der Waals surface area contributed by atoms with E-state index in [2.05, 4.69) is 5.32 Å². The van der Waals surface area contributed by atoms with Crippen LogP contribution in [0.3, 0.4) is 0 Å². The van der Waals surface area contributed by atoms with Crippen LogP contribution >= 0.6 is 0 Å². The van der Waals surface area contributed by atoms with Crippen LogP contribution < -0.4 is 15.8 Å². The molecule has 0 bridgehead atoms. The van der Waals surface area contributed by atoms with Crippen molar-refractivity contribution in [3.63, 3.8) is 0 Å². The van der Waals surface area contributed by atoms with Crippen molar-refractivity contribution in [3.8, 4) is 11.5 Å². The van der Waals surface area contributed by atoms with Gasteiger partial charge in [0.2, 0.25) is 5.75 Å². The number of aryl methyl sites for hydroxylation is 1. The monoisotopic (exact) mass is 463 g/mol. The van der Waals surface area contributed by atoms with Crippen molar-refractivity contribution in [1.29, 1.82) is 0 Å². The first kappa shape index (κ1) is 24.2. The summed E-state index contributed by atoms with van der Waals surface area (Å²) in [6.07, 6.45) is -0.436. The second-order valence-corrected chi connectivity index (χ2v) is 8.36. The molecule has 34 heavy (non-hydrogen) atoms. The molecular formula is C25H25N3O6. The highest BCUT2D eigenvalue weighted by Gasteiger charge is 2.23. The van der Waals surface area contributed by atoms with Crippen LogP contribution in [0.25, 0.3) is 0 Å². The Hall–Kier alpha value is -4.40. The highest BCUT2D eigenvalue weighted by atomic mass is 16.6. The molecule has 3 N–H and O–H groups in total. The number of nitro groups is 1. The molecule has 3 aromatic rings. The Bertz CT molecular complexity index is 1200. The third-order valence-corrected chi connectivity index (χ3v) is 4.89. The molecule has 9 nitrogen and oxygen atoms in total. The molecule has 3 aromatic carbocycles. The Balaban J connectivity index is 1.74. The van der Waals surface area contributed by atoms with Gasteiger partial charge in [0.05, 0.1) is 4.92 Å². The summed E-state index contributed by atoms with van der Waals surface area (Å²) in [7, 11) is 0. The largest absolute Gasteiger partial charge is 0.450 e. The van der Waals surface area contributed by atoms with Crippen molar-refractivity contribution in [3.05, 3.63) is 93.5 Å². The van der Waals surface area contributed by atoms with Gasteiger partial charge in [-0.2, -0.15) is 0 Å². The summed E-state index contributed by atoms with van der Waals surface area (Å²) in [5.41, 5.74) is 6.59. The predicted octanol–water partition coefficient (Wildman–Crippen LogP) is 5.36. The minimum atomic E-state index is -0.853. The molecule has 0 saturated carbocycles. The number of nitrogens with zero attached hydrogens (tertiary/aromatic N) is 1. The molecule has 0 unspecified atom stereocenters. The summed E-state index contributed by atoms with van der Waals surface area (Å²) in [6.45, 7) is 5.41. The number of nitrogens with one attached hydrogen (secondary N) is 1. The summed E-state index contributed by atoms with van der Waals surface area (Å²) in [5, 5.41) is 14.3. The van der Waals surface area contributed by atoms with Gasteiger partial charge >= 0.3 is 11.8 Å². The predicted molar refractivity (Wildman–Crippen MR) is 127 cm³/mol. The Morgan fingerprint density at radius 1 is 1.03 bits per heavy atom. The second kappa shape index (κ2) is 10.0. The average molecular weight is 463 g/mol. The van der Waals surface area contributed by atoms with E-state index in [1.807, 2.05) is 19.1 Å². The number of amides is 2. The maximum atomic E-state index is 12.5. The first-order valence-electron chi connectivity index (χ1n) is 10.4. The number of primary amides is 1. The Morgan fingerprint density at radius 2 is 1.68 bits per heavy atom. The van der Waals surface area contributed by atoms with Gasteiger partial charge in [-0.15, -0.1) is 0 Å². The molecule has 0 atom stereocenters. The van der Waals surface area contributed by atoms with E-state index < -0.39 is 22.5 Å². The molecule has 0 aromatic heterocycles. The molecule has 2 amide bonds. The Kier molecular flexibility index (Phi) is 7.15. The van der Waals surface area contributed by atoms with Gasteiger partial charge in [0.1, 0.15) is 11.4 Å². The van der Waals surface area contributed by atoms with Crippen LogP contribution in [0.5, 0.6) is 11.5 Å². The lowest BCUT2D eigenvalue weighted by atomic mass is 9.98. The third-order valence-electron chi connectivity index (χ3n) is 4.89. The second-order valence-electron chi connectivity index (χ2n) is 8.36. The topological polar surface area (TPSA) is 134 Å². The fourth-order valence-corrected chi connectivity index (χ4v) is 3.33. The van der Waals surface area contributed by atoms with Crippen LogP contribution in [0.2, 0.25) is 0 Å². The molecule has 0 aliphatic heterocycles. The minimum Gasteiger partial charge on any atom is -0.450 e. The highest BCUT2D eigenvalue weighted by Crippen LogP contribution is 2.33. The molecule has 0 spiro atoms. The van der Waals surface area contributed by atoms with Gasteiger partial charge < -0.3 is 20.5 Å².